The van der Waals surface area contributed by atoms with Crippen LogP contribution in [-0.4, -0.2) is 9.04 Å². The minimum atomic E-state index is -1.10. The van der Waals surface area contributed by atoms with Crippen molar-refractivity contribution >= 4 is 47.4 Å². The maximum absolute atomic E-state index is 5.41. The summed E-state index contributed by atoms with van der Waals surface area (Å²) in [6.07, 6.45) is 0. The van der Waals surface area contributed by atoms with Crippen LogP contribution in [0.25, 0.3) is 0 Å². The average Bonchev–Trinajstić information content (AvgIpc) is 1.31. The second-order valence-corrected chi connectivity index (χ2v) is 4.48. The van der Waals surface area contributed by atoms with Crippen LogP contribution in [-0.2, 0) is 0 Å². The van der Waals surface area contributed by atoms with Gasteiger partial charge in [-0.05, 0) is 6.92 Å². The van der Waals surface area contributed by atoms with Gasteiger partial charge < -0.3 is 0 Å². The van der Waals surface area contributed by atoms with E-state index in [1.807, 2.05) is 0 Å². The van der Waals surface area contributed by atoms with Crippen LogP contribution in [0.2, 0.25) is 0 Å². The summed E-state index contributed by atoms with van der Waals surface area (Å²) in [5.41, 5.74) is 0. The zero-order valence-electron chi connectivity index (χ0n) is 3.66. The fourth-order valence-corrected chi connectivity index (χ4v) is 0. The Balaban J connectivity index is 3.54. The van der Waals surface area contributed by atoms with Crippen LogP contribution >= 0.6 is 47.4 Å². The van der Waals surface area contributed by atoms with Crippen molar-refractivity contribution in [2.24, 2.45) is 0 Å². The van der Waals surface area contributed by atoms with E-state index in [9.17, 15) is 0 Å². The van der Waals surface area contributed by atoms with Gasteiger partial charge in [0.1, 0.15) is 0 Å². The Hall–Kier alpha value is 1.22. The molecule has 0 aromatic rings. The van der Waals surface area contributed by atoms with Crippen LogP contribution in [0.5, 0.6) is 0 Å². The Labute approximate surface area is 63.5 Å². The van der Waals surface area contributed by atoms with E-state index in [1.165, 1.54) is 0 Å². The molecule has 0 fully saturated rings. The summed E-state index contributed by atoms with van der Waals surface area (Å²) >= 11 is 19.9. The predicted octanol–water partition coefficient (Wildman–Crippen LogP) is 2.67. The molecule has 0 rings (SSSR count). The monoisotopic (exact) mass is 178 g/mol. The maximum atomic E-state index is 5.41. The van der Waals surface area contributed by atoms with E-state index >= 15 is 0 Å². The van der Waals surface area contributed by atoms with E-state index in [0.717, 1.165) is 0 Å². The van der Waals surface area contributed by atoms with E-state index in [0.29, 0.717) is 0 Å². The summed E-state index contributed by atoms with van der Waals surface area (Å²) in [5.74, 6) is 0. The van der Waals surface area contributed by atoms with Gasteiger partial charge in [-0.3, -0.25) is 0 Å². The lowest BCUT2D eigenvalue weighted by atomic mass is 10.5. The predicted molar refractivity (Wildman–Crippen MR) is 38.7 cm³/mol. The second kappa shape index (κ2) is 2.67. The molecule has 0 aliphatic heterocycles. The third kappa shape index (κ3) is 3.77. The van der Waals surface area contributed by atoms with Crippen LogP contribution in [0, 0.1) is 0 Å². The highest BCUT2D eigenvalue weighted by molar-refractivity contribution is 7.85. The first-order valence-electron chi connectivity index (χ1n) is 1.69. The fourth-order valence-electron chi connectivity index (χ4n) is 0. The highest BCUT2D eigenvalue weighted by Gasteiger charge is 2.23. The van der Waals surface area contributed by atoms with Gasteiger partial charge in [-0.2, -0.15) is 0 Å². The Kier molecular flexibility index (Phi) is 3.14. The quantitative estimate of drug-likeness (QED) is 0.464. The van der Waals surface area contributed by atoms with Crippen LogP contribution in [0.3, 0.4) is 0 Å². The molecule has 0 N–H and O–H groups in total. The summed E-state index contributed by atoms with van der Waals surface area (Å²) in [6, 6.07) is 0. The van der Waals surface area contributed by atoms with E-state index in [2.05, 4.69) is 12.6 Å². The largest absolute Gasteiger partial charge is 0.176 e. The first kappa shape index (κ1) is 8.22. The Morgan fingerprint density at radius 1 is 1.57 bits per heavy atom. The van der Waals surface area contributed by atoms with Crippen molar-refractivity contribution in [2.45, 2.75) is 16.0 Å². The standard InChI is InChI=1S/C3H5Cl3S/c1-2(4)3(5,6)7/h2,7H,1H3. The molecular formula is C3H5Cl3S. The van der Waals surface area contributed by atoms with E-state index in [-0.39, 0.29) is 5.38 Å². The highest BCUT2D eigenvalue weighted by atomic mass is 35.5. The fraction of sp³-hybridized carbons (Fsp3) is 1.00. The Morgan fingerprint density at radius 3 is 1.71 bits per heavy atom. The molecule has 4 heteroatoms. The van der Waals surface area contributed by atoms with Crippen LogP contribution in [0.1, 0.15) is 6.92 Å². The topological polar surface area (TPSA) is 0 Å². The van der Waals surface area contributed by atoms with Crippen LogP contribution < -0.4 is 0 Å². The van der Waals surface area contributed by atoms with Gasteiger partial charge in [0.15, 0.2) is 3.67 Å². The Bertz CT molecular complexity index is 55.7. The summed E-state index contributed by atoms with van der Waals surface area (Å²) in [6.45, 7) is 1.68. The third-order valence-corrected chi connectivity index (χ3v) is 2.22. The molecule has 0 spiro atoms. The molecule has 7 heavy (non-hydrogen) atoms. The van der Waals surface area contributed by atoms with Crippen molar-refractivity contribution in [1.29, 1.82) is 0 Å². The summed E-state index contributed by atoms with van der Waals surface area (Å²) < 4.78 is -1.10. The molecule has 0 amide bonds. The van der Waals surface area contributed by atoms with Crippen molar-refractivity contribution in [3.05, 3.63) is 0 Å². The molecule has 1 atom stereocenters. The summed E-state index contributed by atoms with van der Waals surface area (Å²) in [5, 5.41) is -0.334. The molecule has 0 radical (unpaired) electrons. The van der Waals surface area contributed by atoms with Gasteiger partial charge in [-0.15, -0.1) is 24.2 Å². The van der Waals surface area contributed by atoms with Crippen LogP contribution in [0.15, 0.2) is 0 Å². The number of halogens is 3. The van der Waals surface area contributed by atoms with Crippen LogP contribution in [0.4, 0.5) is 0 Å². The lowest BCUT2D eigenvalue weighted by Crippen LogP contribution is -2.14. The van der Waals surface area contributed by atoms with E-state index in [1.54, 1.807) is 6.92 Å². The Morgan fingerprint density at radius 2 is 1.71 bits per heavy atom. The molecule has 1 unspecified atom stereocenters. The van der Waals surface area contributed by atoms with Gasteiger partial charge >= 0.3 is 0 Å². The zero-order chi connectivity index (χ0) is 6.08. The van der Waals surface area contributed by atoms with Gasteiger partial charge in [0.25, 0.3) is 0 Å². The molecular weight excluding hydrogens is 174 g/mol. The van der Waals surface area contributed by atoms with Crippen molar-refractivity contribution in [3.63, 3.8) is 0 Å². The number of rotatable bonds is 1. The second-order valence-electron chi connectivity index (χ2n) is 1.20. The smallest absolute Gasteiger partial charge is 0.139 e. The first-order valence-corrected chi connectivity index (χ1v) is 3.33. The highest BCUT2D eigenvalue weighted by Crippen LogP contribution is 2.32. The van der Waals surface area contributed by atoms with Gasteiger partial charge in [-0.25, -0.2) is 0 Å². The summed E-state index contributed by atoms with van der Waals surface area (Å²) in [7, 11) is 0. The van der Waals surface area contributed by atoms with Crippen molar-refractivity contribution in [2.75, 3.05) is 0 Å². The first-order chi connectivity index (χ1) is 2.94. The van der Waals surface area contributed by atoms with Crippen molar-refractivity contribution in [1.82, 2.24) is 0 Å². The number of alkyl halides is 3. The molecule has 0 aromatic carbocycles. The molecule has 0 heterocycles. The molecule has 0 aliphatic rings. The molecule has 44 valence electrons. The SMILES string of the molecule is CC(Cl)C(S)(Cl)Cl. The average molecular weight is 179 g/mol. The lowest BCUT2D eigenvalue weighted by Gasteiger charge is -2.13. The normalized spacial score (nSPS) is 16.7. The number of thiol groups is 1. The number of hydrogen-bond acceptors (Lipinski definition) is 1. The molecule has 0 saturated heterocycles. The molecule has 0 aliphatic carbocycles. The van der Waals surface area contributed by atoms with E-state index < -0.39 is 3.67 Å². The molecule has 0 bridgehead atoms. The summed E-state index contributed by atoms with van der Waals surface area (Å²) in [4.78, 5) is 0. The molecule has 0 aromatic heterocycles. The number of hydrogen-bond donors (Lipinski definition) is 1. The zero-order valence-corrected chi connectivity index (χ0v) is 6.82. The van der Waals surface area contributed by atoms with Gasteiger partial charge in [0.05, 0.1) is 5.38 Å². The molecule has 0 nitrogen and oxygen atoms in total. The van der Waals surface area contributed by atoms with E-state index in [4.69, 9.17) is 34.8 Å². The third-order valence-electron chi connectivity index (χ3n) is 0.479. The van der Waals surface area contributed by atoms with Gasteiger partial charge in [-0.1, -0.05) is 23.2 Å². The molecule has 0 saturated carbocycles. The van der Waals surface area contributed by atoms with Gasteiger partial charge in [0.2, 0.25) is 0 Å². The minimum absolute atomic E-state index is 0.334. The van der Waals surface area contributed by atoms with Gasteiger partial charge in [0, 0.05) is 0 Å². The van der Waals surface area contributed by atoms with Crippen molar-refractivity contribution < 1.29 is 0 Å². The minimum Gasteiger partial charge on any atom is -0.139 e. The van der Waals surface area contributed by atoms with Crippen molar-refractivity contribution in [3.8, 4) is 0 Å². The lowest BCUT2D eigenvalue weighted by molar-refractivity contribution is 1.00. The maximum Gasteiger partial charge on any atom is 0.176 e.